The molecule has 0 aliphatic heterocycles. The molecule has 1 nitrogen and oxygen atoms in total. The van der Waals surface area contributed by atoms with Crippen molar-refractivity contribution in [3.63, 3.8) is 0 Å². The van der Waals surface area contributed by atoms with E-state index < -0.39 is 0 Å². The van der Waals surface area contributed by atoms with Gasteiger partial charge in [0.25, 0.3) is 0 Å². The normalized spacial score (nSPS) is 13.2. The lowest BCUT2D eigenvalue weighted by molar-refractivity contribution is 0.271. The monoisotopic (exact) mass is 309 g/mol. The van der Waals surface area contributed by atoms with Crippen molar-refractivity contribution in [1.29, 1.82) is 0 Å². The molecule has 1 aromatic rings. The largest absolute Gasteiger partial charge is 0.299 e. The van der Waals surface area contributed by atoms with Crippen molar-refractivity contribution in [2.75, 3.05) is 12.4 Å². The molecule has 15 heavy (non-hydrogen) atoms. The van der Waals surface area contributed by atoms with Gasteiger partial charge in [-0.1, -0.05) is 51.3 Å². The Morgan fingerprint density at radius 3 is 2.67 bits per heavy atom. The van der Waals surface area contributed by atoms with Crippen LogP contribution < -0.4 is 0 Å². The number of hydrogen-bond donors (Lipinski definition) is 0. The van der Waals surface area contributed by atoms with Gasteiger partial charge in [-0.3, -0.25) is 4.90 Å². The van der Waals surface area contributed by atoms with Crippen LogP contribution in [-0.2, 0) is 6.54 Å². The summed E-state index contributed by atoms with van der Waals surface area (Å²) in [5.74, 6) is 0. The molecule has 0 aliphatic rings. The lowest BCUT2D eigenvalue weighted by Crippen LogP contribution is -2.29. The molecule has 0 saturated heterocycles. The van der Waals surface area contributed by atoms with Gasteiger partial charge >= 0.3 is 0 Å². The fourth-order valence-electron chi connectivity index (χ4n) is 1.21. The van der Waals surface area contributed by atoms with Gasteiger partial charge in [-0.25, -0.2) is 0 Å². The van der Waals surface area contributed by atoms with Crippen LogP contribution in [0.3, 0.4) is 0 Å². The molecule has 0 fully saturated rings. The summed E-state index contributed by atoms with van der Waals surface area (Å²) in [6.45, 7) is 2.97. The minimum atomic E-state index is 0.472. The number of alkyl halides is 1. The minimum absolute atomic E-state index is 0.472. The van der Waals surface area contributed by atoms with Crippen LogP contribution in [-0.4, -0.2) is 23.3 Å². The molecule has 1 rings (SSSR count). The van der Waals surface area contributed by atoms with Crippen molar-refractivity contribution in [3.05, 3.63) is 33.8 Å². The van der Waals surface area contributed by atoms with Crippen LogP contribution in [0.2, 0.25) is 10.0 Å². The highest BCUT2D eigenvalue weighted by atomic mass is 79.9. The third kappa shape index (κ3) is 3.63. The molecule has 0 saturated carbocycles. The first-order valence-electron chi connectivity index (χ1n) is 4.75. The first-order valence-corrected chi connectivity index (χ1v) is 6.63. The first kappa shape index (κ1) is 13.3. The van der Waals surface area contributed by atoms with Crippen LogP contribution in [0.5, 0.6) is 0 Å². The maximum atomic E-state index is 6.11. The van der Waals surface area contributed by atoms with Gasteiger partial charge < -0.3 is 0 Å². The van der Waals surface area contributed by atoms with E-state index in [-0.39, 0.29) is 0 Å². The summed E-state index contributed by atoms with van der Waals surface area (Å²) in [5.41, 5.74) is 1.07. The molecule has 4 heteroatoms. The summed E-state index contributed by atoms with van der Waals surface area (Å²) in [6.07, 6.45) is 0. The molecule has 0 amide bonds. The van der Waals surface area contributed by atoms with Crippen molar-refractivity contribution in [2.45, 2.75) is 19.5 Å². The summed E-state index contributed by atoms with van der Waals surface area (Å²) in [4.78, 5) is 2.23. The van der Waals surface area contributed by atoms with Crippen LogP contribution in [0.25, 0.3) is 0 Å². The molecular weight excluding hydrogens is 297 g/mol. The zero-order valence-corrected chi connectivity index (χ0v) is 11.9. The lowest BCUT2D eigenvalue weighted by Gasteiger charge is -2.23. The molecule has 1 unspecified atom stereocenters. The van der Waals surface area contributed by atoms with Crippen molar-refractivity contribution < 1.29 is 0 Å². The highest BCUT2D eigenvalue weighted by molar-refractivity contribution is 9.09. The average molecular weight is 311 g/mol. The second-order valence-electron chi connectivity index (χ2n) is 3.63. The summed E-state index contributed by atoms with van der Waals surface area (Å²) in [6, 6.07) is 6.21. The van der Waals surface area contributed by atoms with E-state index in [0.717, 1.165) is 17.4 Å². The van der Waals surface area contributed by atoms with Crippen LogP contribution in [0.15, 0.2) is 18.2 Å². The van der Waals surface area contributed by atoms with Gasteiger partial charge in [0.1, 0.15) is 0 Å². The quantitative estimate of drug-likeness (QED) is 0.753. The van der Waals surface area contributed by atoms with Crippen molar-refractivity contribution in [1.82, 2.24) is 4.90 Å². The number of benzene rings is 1. The van der Waals surface area contributed by atoms with Crippen molar-refractivity contribution in [3.8, 4) is 0 Å². The van der Waals surface area contributed by atoms with E-state index in [2.05, 4.69) is 34.8 Å². The number of halogens is 3. The van der Waals surface area contributed by atoms with Gasteiger partial charge in [-0.2, -0.15) is 0 Å². The molecule has 0 spiro atoms. The van der Waals surface area contributed by atoms with Gasteiger partial charge in [0, 0.05) is 17.9 Å². The third-order valence-electron chi connectivity index (χ3n) is 2.43. The Kier molecular flexibility index (Phi) is 5.41. The Hall–Kier alpha value is 0.240. The fourth-order valence-corrected chi connectivity index (χ4v) is 2.09. The van der Waals surface area contributed by atoms with Crippen molar-refractivity contribution in [2.24, 2.45) is 0 Å². The summed E-state index contributed by atoms with van der Waals surface area (Å²) >= 11 is 15.5. The van der Waals surface area contributed by atoms with Crippen LogP contribution in [0.4, 0.5) is 0 Å². The highest BCUT2D eigenvalue weighted by Gasteiger charge is 2.11. The summed E-state index contributed by atoms with van der Waals surface area (Å²) in [5, 5.41) is 2.23. The zero-order valence-electron chi connectivity index (χ0n) is 8.80. The Labute approximate surface area is 109 Å². The second-order valence-corrected chi connectivity index (χ2v) is 5.06. The maximum Gasteiger partial charge on any atom is 0.0637 e. The smallest absolute Gasteiger partial charge is 0.0637 e. The molecule has 0 aliphatic carbocycles. The number of rotatable bonds is 4. The van der Waals surface area contributed by atoms with E-state index in [9.17, 15) is 0 Å². The summed E-state index contributed by atoms with van der Waals surface area (Å²) < 4.78 is 0. The van der Waals surface area contributed by atoms with E-state index in [1.54, 1.807) is 6.07 Å². The van der Waals surface area contributed by atoms with Crippen LogP contribution in [0.1, 0.15) is 12.5 Å². The minimum Gasteiger partial charge on any atom is -0.299 e. The molecule has 1 atom stereocenters. The predicted molar refractivity (Wildman–Crippen MR) is 71.2 cm³/mol. The first-order chi connectivity index (χ1) is 7.06. The SMILES string of the molecule is CC(CBr)N(C)Cc1cccc(Cl)c1Cl. The Balaban J connectivity index is 2.76. The molecule has 84 valence electrons. The van der Waals surface area contributed by atoms with E-state index in [0.29, 0.717) is 16.1 Å². The van der Waals surface area contributed by atoms with Gasteiger partial charge in [0.2, 0.25) is 0 Å². The van der Waals surface area contributed by atoms with E-state index in [4.69, 9.17) is 23.2 Å². The molecule has 0 heterocycles. The van der Waals surface area contributed by atoms with Gasteiger partial charge in [0.15, 0.2) is 0 Å². The van der Waals surface area contributed by atoms with E-state index >= 15 is 0 Å². The number of nitrogens with zero attached hydrogens (tertiary/aromatic N) is 1. The predicted octanol–water partition coefficient (Wildman–Crippen LogP) is 4.21. The molecule has 0 bridgehead atoms. The molecule has 1 aromatic carbocycles. The van der Waals surface area contributed by atoms with Gasteiger partial charge in [-0.05, 0) is 25.6 Å². The Bertz CT molecular complexity index is 330. The fraction of sp³-hybridized carbons (Fsp3) is 0.455. The molecule has 0 N–H and O–H groups in total. The van der Waals surface area contributed by atoms with E-state index in [1.807, 2.05) is 12.1 Å². The maximum absolute atomic E-state index is 6.11. The second kappa shape index (κ2) is 6.09. The van der Waals surface area contributed by atoms with Crippen LogP contribution in [0, 0.1) is 0 Å². The Morgan fingerprint density at radius 2 is 2.07 bits per heavy atom. The number of hydrogen-bond acceptors (Lipinski definition) is 1. The lowest BCUT2D eigenvalue weighted by atomic mass is 10.2. The molecule has 0 radical (unpaired) electrons. The van der Waals surface area contributed by atoms with Crippen LogP contribution >= 0.6 is 39.1 Å². The Morgan fingerprint density at radius 1 is 1.40 bits per heavy atom. The molecule has 0 aromatic heterocycles. The average Bonchev–Trinajstić information content (AvgIpc) is 2.23. The summed E-state index contributed by atoms with van der Waals surface area (Å²) in [7, 11) is 2.07. The topological polar surface area (TPSA) is 3.24 Å². The zero-order chi connectivity index (χ0) is 11.4. The highest BCUT2D eigenvalue weighted by Crippen LogP contribution is 2.26. The van der Waals surface area contributed by atoms with Gasteiger partial charge in [-0.15, -0.1) is 0 Å². The standard InChI is InChI=1S/C11H14BrCl2N/c1-8(6-12)15(2)7-9-4-3-5-10(13)11(9)14/h3-5,8H,6-7H2,1-2H3. The third-order valence-corrected chi connectivity index (χ3v) is 4.22. The van der Waals surface area contributed by atoms with Gasteiger partial charge in [0.05, 0.1) is 10.0 Å². The molecular formula is C11H14BrCl2N. The van der Waals surface area contributed by atoms with E-state index in [1.165, 1.54) is 0 Å². The van der Waals surface area contributed by atoms with Crippen molar-refractivity contribution >= 4 is 39.1 Å².